The summed E-state index contributed by atoms with van der Waals surface area (Å²) in [4.78, 5) is 15.3. The molecule has 3 aromatic rings. The number of aryl methyl sites for hydroxylation is 2. The minimum absolute atomic E-state index is 0.146. The maximum atomic E-state index is 12.8. The fourth-order valence-electron chi connectivity index (χ4n) is 4.46. The Morgan fingerprint density at radius 3 is 2.52 bits per heavy atom. The van der Waals surface area contributed by atoms with Crippen molar-refractivity contribution >= 4 is 51.5 Å². The predicted octanol–water partition coefficient (Wildman–Crippen LogP) is 5.17. The highest BCUT2D eigenvalue weighted by atomic mass is 35.5. The summed E-state index contributed by atoms with van der Waals surface area (Å²) in [6, 6.07) is 8.69. The molecule has 0 aliphatic carbocycles. The van der Waals surface area contributed by atoms with E-state index in [1.807, 2.05) is 0 Å². The average Bonchev–Trinajstić information content (AvgIpc) is 2.67. The number of amides is 1. The Hall–Kier alpha value is -2.50. The molecule has 0 unspecified atom stereocenters. The summed E-state index contributed by atoms with van der Waals surface area (Å²) >= 11 is 12.0. The van der Waals surface area contributed by atoms with Gasteiger partial charge in [0.1, 0.15) is 11.1 Å². The molecule has 0 spiro atoms. The van der Waals surface area contributed by atoms with Gasteiger partial charge in [-0.15, -0.1) is 0 Å². The lowest BCUT2D eigenvalue weighted by Crippen LogP contribution is -2.34. The highest BCUT2D eigenvalue weighted by Crippen LogP contribution is 2.39. The van der Waals surface area contributed by atoms with Crippen LogP contribution in [0.4, 0.5) is 11.4 Å². The van der Waals surface area contributed by atoms with Crippen LogP contribution in [0.3, 0.4) is 0 Å². The smallest absolute Gasteiger partial charge is 0.261 e. The van der Waals surface area contributed by atoms with Crippen LogP contribution in [-0.2, 0) is 12.8 Å². The second-order valence-electron chi connectivity index (χ2n) is 7.58. The molecule has 5 rings (SSSR count). The van der Waals surface area contributed by atoms with Crippen molar-refractivity contribution in [1.29, 1.82) is 5.41 Å². The number of fused-ring (bicyclic) bond motifs is 2. The molecule has 29 heavy (non-hydrogen) atoms. The Morgan fingerprint density at radius 2 is 1.76 bits per heavy atom. The van der Waals surface area contributed by atoms with Crippen molar-refractivity contribution in [1.82, 2.24) is 0 Å². The molecular formula is C22H19Cl2N3O2. The lowest BCUT2D eigenvalue weighted by Gasteiger charge is -2.37. The van der Waals surface area contributed by atoms with Crippen LogP contribution in [0.2, 0.25) is 10.0 Å². The molecule has 2 aliphatic heterocycles. The molecule has 0 fully saturated rings. The van der Waals surface area contributed by atoms with Crippen LogP contribution in [-0.4, -0.2) is 19.0 Å². The Balaban J connectivity index is 1.59. The number of carbonyl (C=O) groups excluding carboxylic acids is 1. The van der Waals surface area contributed by atoms with Gasteiger partial charge in [-0.1, -0.05) is 23.2 Å². The number of hydrogen-bond acceptors (Lipinski definition) is 4. The number of halogens is 2. The summed E-state index contributed by atoms with van der Waals surface area (Å²) in [7, 11) is 0. The van der Waals surface area contributed by atoms with E-state index in [1.54, 1.807) is 24.3 Å². The van der Waals surface area contributed by atoms with Gasteiger partial charge in [-0.05, 0) is 61.6 Å². The van der Waals surface area contributed by atoms with E-state index >= 15 is 0 Å². The van der Waals surface area contributed by atoms with Crippen molar-refractivity contribution in [3.05, 3.63) is 62.6 Å². The maximum absolute atomic E-state index is 12.8. The summed E-state index contributed by atoms with van der Waals surface area (Å²) in [5.41, 5.74) is 5.00. The molecule has 0 saturated heterocycles. The Morgan fingerprint density at radius 1 is 1.03 bits per heavy atom. The largest absolute Gasteiger partial charge is 0.438 e. The first-order valence-electron chi connectivity index (χ1n) is 9.69. The van der Waals surface area contributed by atoms with Gasteiger partial charge in [0.05, 0.1) is 0 Å². The second kappa shape index (κ2) is 7.08. The molecular weight excluding hydrogens is 409 g/mol. The van der Waals surface area contributed by atoms with E-state index in [0.29, 0.717) is 15.7 Å². The second-order valence-corrected chi connectivity index (χ2v) is 8.45. The van der Waals surface area contributed by atoms with Crippen LogP contribution in [0.1, 0.15) is 34.3 Å². The van der Waals surface area contributed by atoms with Crippen molar-refractivity contribution in [2.24, 2.45) is 0 Å². The van der Waals surface area contributed by atoms with Gasteiger partial charge < -0.3 is 14.6 Å². The van der Waals surface area contributed by atoms with Crippen molar-refractivity contribution in [3.8, 4) is 0 Å². The van der Waals surface area contributed by atoms with Gasteiger partial charge in [-0.25, -0.2) is 0 Å². The van der Waals surface area contributed by atoms with Gasteiger partial charge in [-0.2, -0.15) is 0 Å². The van der Waals surface area contributed by atoms with Crippen molar-refractivity contribution in [3.63, 3.8) is 0 Å². The van der Waals surface area contributed by atoms with Crippen molar-refractivity contribution in [2.75, 3.05) is 23.3 Å². The van der Waals surface area contributed by atoms with Gasteiger partial charge in [-0.3, -0.25) is 10.2 Å². The van der Waals surface area contributed by atoms with Crippen LogP contribution >= 0.6 is 23.2 Å². The first kappa shape index (κ1) is 18.5. The molecule has 148 valence electrons. The molecule has 2 aliphatic rings. The average molecular weight is 428 g/mol. The molecule has 2 N–H and O–H groups in total. The lowest BCUT2D eigenvalue weighted by atomic mass is 9.90. The number of benzene rings is 2. The Kier molecular flexibility index (Phi) is 4.52. The summed E-state index contributed by atoms with van der Waals surface area (Å²) in [6.07, 6.45) is 4.17. The molecule has 0 radical (unpaired) electrons. The number of rotatable bonds is 2. The molecule has 5 nitrogen and oxygen atoms in total. The summed E-state index contributed by atoms with van der Waals surface area (Å²) < 4.78 is 5.90. The predicted molar refractivity (Wildman–Crippen MR) is 115 cm³/mol. The zero-order chi connectivity index (χ0) is 20.1. The van der Waals surface area contributed by atoms with Crippen molar-refractivity contribution in [2.45, 2.75) is 25.7 Å². The molecule has 1 amide bonds. The molecule has 2 aromatic carbocycles. The van der Waals surface area contributed by atoms with E-state index in [0.717, 1.165) is 49.7 Å². The number of anilines is 2. The third kappa shape index (κ3) is 3.28. The number of hydrogen-bond donors (Lipinski definition) is 2. The SMILES string of the molecule is N=c1oc2c3c4c(cc2cc1C(=O)Nc1cc(Cl)cc(Cl)c1)CCCN4CCC3. The highest BCUT2D eigenvalue weighted by Gasteiger charge is 2.27. The molecule has 3 heterocycles. The van der Waals surface area contributed by atoms with E-state index in [-0.39, 0.29) is 11.1 Å². The van der Waals surface area contributed by atoms with Gasteiger partial charge in [0.2, 0.25) is 5.55 Å². The number of nitrogens with one attached hydrogen (secondary N) is 2. The van der Waals surface area contributed by atoms with Crippen molar-refractivity contribution < 1.29 is 9.21 Å². The van der Waals surface area contributed by atoms with Gasteiger partial charge >= 0.3 is 0 Å². The Labute approximate surface area is 177 Å². The fraction of sp³-hybridized carbons (Fsp3) is 0.273. The number of carbonyl (C=O) groups is 1. The van der Waals surface area contributed by atoms with Crippen LogP contribution < -0.4 is 15.8 Å². The van der Waals surface area contributed by atoms with Gasteiger partial charge in [0.15, 0.2) is 0 Å². The van der Waals surface area contributed by atoms with E-state index in [1.165, 1.54) is 16.8 Å². The van der Waals surface area contributed by atoms with E-state index in [4.69, 9.17) is 33.0 Å². The molecule has 0 bridgehead atoms. The quantitative estimate of drug-likeness (QED) is 0.592. The topological polar surface area (TPSA) is 69.3 Å². The number of nitrogens with zero attached hydrogens (tertiary/aromatic N) is 1. The molecule has 0 saturated carbocycles. The van der Waals surface area contributed by atoms with E-state index < -0.39 is 5.91 Å². The Bertz CT molecular complexity index is 1200. The first-order valence-corrected chi connectivity index (χ1v) is 10.4. The van der Waals surface area contributed by atoms with Gasteiger partial charge in [0.25, 0.3) is 5.91 Å². The monoisotopic (exact) mass is 427 g/mol. The highest BCUT2D eigenvalue weighted by molar-refractivity contribution is 6.35. The van der Waals surface area contributed by atoms with Crippen LogP contribution in [0.25, 0.3) is 11.0 Å². The molecule has 7 heteroatoms. The minimum atomic E-state index is -0.424. The zero-order valence-corrected chi connectivity index (χ0v) is 17.2. The van der Waals surface area contributed by atoms with Crippen LogP contribution in [0.15, 0.2) is 34.7 Å². The normalized spacial score (nSPS) is 15.3. The van der Waals surface area contributed by atoms with Crippen LogP contribution in [0, 0.1) is 5.41 Å². The fourth-order valence-corrected chi connectivity index (χ4v) is 4.98. The summed E-state index contributed by atoms with van der Waals surface area (Å²) in [5.74, 6) is -0.424. The molecule has 0 atom stereocenters. The summed E-state index contributed by atoms with van der Waals surface area (Å²) in [5, 5.41) is 12.8. The summed E-state index contributed by atoms with van der Waals surface area (Å²) in [6.45, 7) is 2.14. The third-order valence-corrected chi connectivity index (χ3v) is 6.05. The third-order valence-electron chi connectivity index (χ3n) is 5.61. The first-order chi connectivity index (χ1) is 14.0. The molecule has 1 aromatic heterocycles. The zero-order valence-electron chi connectivity index (χ0n) is 15.6. The standard InChI is InChI=1S/C22H19Cl2N3O2/c23-14-9-15(24)11-16(10-14)26-22(28)18-8-13-7-12-3-1-5-27-6-2-4-17(19(12)27)20(13)29-21(18)25/h7-11,25H,1-6H2,(H,26,28). The van der Waals surface area contributed by atoms with E-state index in [2.05, 4.69) is 16.3 Å². The maximum Gasteiger partial charge on any atom is 0.261 e. The van der Waals surface area contributed by atoms with Gasteiger partial charge in [0, 0.05) is 45.5 Å². The van der Waals surface area contributed by atoms with Crippen LogP contribution in [0.5, 0.6) is 0 Å². The lowest BCUT2D eigenvalue weighted by molar-refractivity contribution is 0.102. The van der Waals surface area contributed by atoms with E-state index in [9.17, 15) is 4.79 Å². The minimum Gasteiger partial charge on any atom is -0.438 e.